The average molecular weight is 281 g/mol. The second-order valence-corrected chi connectivity index (χ2v) is 4.37. The van der Waals surface area contributed by atoms with E-state index in [0.717, 1.165) is 0 Å². The molecular formula is C14H14ClFN2O. The molecule has 3 nitrogen and oxygen atoms in total. The molecule has 0 saturated carbocycles. The fourth-order valence-corrected chi connectivity index (χ4v) is 1.82. The van der Waals surface area contributed by atoms with Gasteiger partial charge in [0, 0.05) is 16.8 Å². The molecule has 0 unspecified atom stereocenters. The molecule has 0 aliphatic carbocycles. The van der Waals surface area contributed by atoms with Crippen LogP contribution in [0.4, 0.5) is 21.5 Å². The van der Waals surface area contributed by atoms with Crippen molar-refractivity contribution in [2.45, 2.75) is 6.92 Å². The fraction of sp³-hybridized carbons (Fsp3) is 0.143. The Bertz CT molecular complexity index is 590. The van der Waals surface area contributed by atoms with E-state index in [1.807, 2.05) is 0 Å². The molecule has 0 radical (unpaired) electrons. The van der Waals surface area contributed by atoms with Gasteiger partial charge in [0.15, 0.2) is 11.6 Å². The highest BCUT2D eigenvalue weighted by molar-refractivity contribution is 6.31. The van der Waals surface area contributed by atoms with E-state index in [1.165, 1.54) is 6.07 Å². The molecule has 0 spiro atoms. The topological polar surface area (TPSA) is 47.3 Å². The van der Waals surface area contributed by atoms with Crippen LogP contribution in [0.5, 0.6) is 5.75 Å². The van der Waals surface area contributed by atoms with Crippen LogP contribution >= 0.6 is 11.6 Å². The van der Waals surface area contributed by atoms with Crippen molar-refractivity contribution in [1.29, 1.82) is 0 Å². The zero-order chi connectivity index (χ0) is 13.8. The van der Waals surface area contributed by atoms with Crippen LogP contribution in [-0.2, 0) is 0 Å². The standard InChI is InChI=1S/C14H14ClFN2O/c1-2-19-14-6-4-10(8-11(14)16)18-13-7-9(15)3-5-12(13)17/h3-8,18H,2,17H2,1H3. The van der Waals surface area contributed by atoms with E-state index >= 15 is 0 Å². The summed E-state index contributed by atoms with van der Waals surface area (Å²) in [7, 11) is 0. The van der Waals surface area contributed by atoms with Crippen molar-refractivity contribution >= 4 is 28.7 Å². The third-order valence-corrected chi connectivity index (χ3v) is 2.76. The number of hydrogen-bond acceptors (Lipinski definition) is 3. The highest BCUT2D eigenvalue weighted by Gasteiger charge is 2.06. The zero-order valence-electron chi connectivity index (χ0n) is 10.4. The molecule has 5 heteroatoms. The van der Waals surface area contributed by atoms with E-state index in [9.17, 15) is 4.39 Å². The minimum absolute atomic E-state index is 0.229. The second-order valence-electron chi connectivity index (χ2n) is 3.93. The maximum absolute atomic E-state index is 13.7. The Hall–Kier alpha value is -1.94. The fourth-order valence-electron chi connectivity index (χ4n) is 1.64. The summed E-state index contributed by atoms with van der Waals surface area (Å²) in [6, 6.07) is 9.71. The first kappa shape index (κ1) is 13.5. The van der Waals surface area contributed by atoms with Gasteiger partial charge in [-0.2, -0.15) is 0 Å². The van der Waals surface area contributed by atoms with Gasteiger partial charge in [0.05, 0.1) is 18.0 Å². The summed E-state index contributed by atoms with van der Waals surface area (Å²) in [5.41, 5.74) is 7.57. The van der Waals surface area contributed by atoms with E-state index < -0.39 is 5.82 Å². The predicted molar refractivity (Wildman–Crippen MR) is 76.7 cm³/mol. The Morgan fingerprint density at radius 1 is 1.26 bits per heavy atom. The van der Waals surface area contributed by atoms with Gasteiger partial charge >= 0.3 is 0 Å². The number of halogens is 2. The van der Waals surface area contributed by atoms with Gasteiger partial charge in [0.1, 0.15) is 0 Å². The number of anilines is 3. The van der Waals surface area contributed by atoms with Crippen LogP contribution in [0.1, 0.15) is 6.92 Å². The van der Waals surface area contributed by atoms with E-state index in [-0.39, 0.29) is 5.75 Å². The Morgan fingerprint density at radius 2 is 2.05 bits per heavy atom. The van der Waals surface area contributed by atoms with Crippen molar-refractivity contribution < 1.29 is 9.13 Å². The highest BCUT2D eigenvalue weighted by atomic mass is 35.5. The molecule has 100 valence electrons. The van der Waals surface area contributed by atoms with Crippen molar-refractivity contribution in [2.75, 3.05) is 17.7 Å². The first-order chi connectivity index (χ1) is 9.10. The first-order valence-corrected chi connectivity index (χ1v) is 6.22. The minimum Gasteiger partial charge on any atom is -0.491 e. The van der Waals surface area contributed by atoms with Crippen LogP contribution in [0.15, 0.2) is 36.4 Å². The number of nitrogens with two attached hydrogens (primary N) is 1. The summed E-state index contributed by atoms with van der Waals surface area (Å²) in [5.74, 6) is -0.195. The summed E-state index contributed by atoms with van der Waals surface area (Å²) in [4.78, 5) is 0. The number of benzene rings is 2. The van der Waals surface area contributed by atoms with Crippen LogP contribution in [0, 0.1) is 5.82 Å². The number of nitrogens with one attached hydrogen (secondary N) is 1. The quantitative estimate of drug-likeness (QED) is 0.825. The van der Waals surface area contributed by atoms with E-state index in [0.29, 0.717) is 28.7 Å². The molecule has 0 aliphatic rings. The smallest absolute Gasteiger partial charge is 0.167 e. The molecular weight excluding hydrogens is 267 g/mol. The van der Waals surface area contributed by atoms with Crippen molar-refractivity contribution in [3.63, 3.8) is 0 Å². The normalized spacial score (nSPS) is 10.3. The Morgan fingerprint density at radius 3 is 2.74 bits per heavy atom. The molecule has 0 fully saturated rings. The number of rotatable bonds is 4. The molecule has 0 heterocycles. The van der Waals surface area contributed by atoms with Gasteiger partial charge in [-0.05, 0) is 37.3 Å². The lowest BCUT2D eigenvalue weighted by Gasteiger charge is -2.11. The van der Waals surface area contributed by atoms with Crippen LogP contribution < -0.4 is 15.8 Å². The third kappa shape index (κ3) is 3.29. The maximum atomic E-state index is 13.7. The molecule has 0 aliphatic heterocycles. The Kier molecular flexibility index (Phi) is 4.12. The third-order valence-electron chi connectivity index (χ3n) is 2.53. The minimum atomic E-state index is -0.424. The lowest BCUT2D eigenvalue weighted by atomic mass is 10.2. The SMILES string of the molecule is CCOc1ccc(Nc2cc(Cl)ccc2N)cc1F. The van der Waals surface area contributed by atoms with Gasteiger partial charge in [-0.3, -0.25) is 0 Å². The van der Waals surface area contributed by atoms with Crippen molar-refractivity contribution in [3.05, 3.63) is 47.2 Å². The summed E-state index contributed by atoms with van der Waals surface area (Å²) < 4.78 is 18.8. The predicted octanol–water partition coefficient (Wildman–Crippen LogP) is 4.20. The molecule has 2 aromatic rings. The molecule has 0 aromatic heterocycles. The molecule has 0 bridgehead atoms. The average Bonchev–Trinajstić information content (AvgIpc) is 2.37. The lowest BCUT2D eigenvalue weighted by Crippen LogP contribution is -1.98. The molecule has 19 heavy (non-hydrogen) atoms. The van der Waals surface area contributed by atoms with Gasteiger partial charge in [0.2, 0.25) is 0 Å². The summed E-state index contributed by atoms with van der Waals surface area (Å²) in [5, 5.41) is 3.58. The van der Waals surface area contributed by atoms with Crippen molar-refractivity contribution in [2.24, 2.45) is 0 Å². The second kappa shape index (κ2) is 5.80. The Labute approximate surface area is 116 Å². The maximum Gasteiger partial charge on any atom is 0.167 e. The van der Waals surface area contributed by atoms with E-state index in [4.69, 9.17) is 22.1 Å². The van der Waals surface area contributed by atoms with Crippen LogP contribution in [0.2, 0.25) is 5.02 Å². The summed E-state index contributed by atoms with van der Waals surface area (Å²) >= 11 is 5.89. The van der Waals surface area contributed by atoms with Gasteiger partial charge in [-0.1, -0.05) is 11.6 Å². The molecule has 3 N–H and O–H groups in total. The molecule has 2 rings (SSSR count). The Balaban J connectivity index is 2.24. The summed E-state index contributed by atoms with van der Waals surface area (Å²) in [6.45, 7) is 2.23. The highest BCUT2D eigenvalue weighted by Crippen LogP contribution is 2.28. The summed E-state index contributed by atoms with van der Waals surface area (Å²) in [6.07, 6.45) is 0. The molecule has 0 saturated heterocycles. The van der Waals surface area contributed by atoms with Gasteiger partial charge in [0.25, 0.3) is 0 Å². The number of hydrogen-bond donors (Lipinski definition) is 2. The monoisotopic (exact) mass is 280 g/mol. The van der Waals surface area contributed by atoms with Gasteiger partial charge in [-0.25, -0.2) is 4.39 Å². The molecule has 0 atom stereocenters. The van der Waals surface area contributed by atoms with Crippen molar-refractivity contribution in [3.8, 4) is 5.75 Å². The largest absolute Gasteiger partial charge is 0.491 e. The molecule has 0 amide bonds. The first-order valence-electron chi connectivity index (χ1n) is 5.84. The van der Waals surface area contributed by atoms with Crippen LogP contribution in [0.25, 0.3) is 0 Å². The lowest BCUT2D eigenvalue weighted by molar-refractivity contribution is 0.321. The number of ether oxygens (including phenoxy) is 1. The van der Waals surface area contributed by atoms with Gasteiger partial charge in [-0.15, -0.1) is 0 Å². The van der Waals surface area contributed by atoms with Crippen LogP contribution in [-0.4, -0.2) is 6.61 Å². The van der Waals surface area contributed by atoms with Crippen molar-refractivity contribution in [1.82, 2.24) is 0 Å². The van der Waals surface area contributed by atoms with E-state index in [1.54, 1.807) is 37.3 Å². The van der Waals surface area contributed by atoms with Gasteiger partial charge < -0.3 is 15.8 Å². The zero-order valence-corrected chi connectivity index (χ0v) is 11.2. The van der Waals surface area contributed by atoms with Crippen LogP contribution in [0.3, 0.4) is 0 Å². The number of nitrogen functional groups attached to an aromatic ring is 1. The molecule has 2 aromatic carbocycles. The van der Waals surface area contributed by atoms with E-state index in [2.05, 4.69) is 5.32 Å².